The SMILES string of the molecule is CCCCOP(=O)(Cc1cc(N=Nc2ccc(C)cc2)ccc1O)OCCCC. The van der Waals surface area contributed by atoms with Gasteiger partial charge in [0, 0.05) is 5.56 Å². The molecule has 0 heterocycles. The molecule has 7 heteroatoms. The summed E-state index contributed by atoms with van der Waals surface area (Å²) in [6.07, 6.45) is 3.49. The molecule has 2 aromatic carbocycles. The standard InChI is InChI=1S/C22H31N2O4P/c1-4-6-14-27-29(26,28-15-7-5-2)17-19-16-21(12-13-22(19)25)24-23-20-10-8-18(3)9-11-20/h8-13,16,25H,4-7,14-15,17H2,1-3H3. The molecule has 2 rings (SSSR count). The molecule has 0 atom stereocenters. The van der Waals surface area contributed by atoms with E-state index >= 15 is 0 Å². The minimum absolute atomic E-state index is 0.000152. The molecule has 0 saturated heterocycles. The highest BCUT2D eigenvalue weighted by Crippen LogP contribution is 2.53. The average Bonchev–Trinajstić information content (AvgIpc) is 2.70. The van der Waals surface area contributed by atoms with Crippen LogP contribution in [0, 0.1) is 6.92 Å². The molecule has 1 N–H and O–H groups in total. The van der Waals surface area contributed by atoms with Crippen LogP contribution in [0.5, 0.6) is 5.75 Å². The third-order valence-electron chi connectivity index (χ3n) is 4.31. The van der Waals surface area contributed by atoms with Gasteiger partial charge < -0.3 is 14.2 Å². The van der Waals surface area contributed by atoms with Gasteiger partial charge in [-0.1, -0.05) is 44.4 Å². The summed E-state index contributed by atoms with van der Waals surface area (Å²) in [4.78, 5) is 0. The lowest BCUT2D eigenvalue weighted by Crippen LogP contribution is -2.02. The first-order chi connectivity index (χ1) is 14.0. The van der Waals surface area contributed by atoms with E-state index in [1.165, 1.54) is 6.07 Å². The van der Waals surface area contributed by atoms with Gasteiger partial charge in [0.2, 0.25) is 0 Å². The maximum absolute atomic E-state index is 13.2. The number of unbranched alkanes of at least 4 members (excludes halogenated alkanes) is 2. The zero-order valence-corrected chi connectivity index (χ0v) is 18.4. The molecule has 2 aromatic rings. The zero-order chi connectivity index (χ0) is 21.1. The van der Waals surface area contributed by atoms with Crippen molar-refractivity contribution in [1.29, 1.82) is 0 Å². The zero-order valence-electron chi connectivity index (χ0n) is 17.5. The van der Waals surface area contributed by atoms with Gasteiger partial charge in [0.1, 0.15) is 5.75 Å². The van der Waals surface area contributed by atoms with E-state index in [0.29, 0.717) is 24.5 Å². The van der Waals surface area contributed by atoms with Gasteiger partial charge in [-0.25, -0.2) is 0 Å². The largest absolute Gasteiger partial charge is 0.508 e. The first-order valence-electron chi connectivity index (χ1n) is 10.1. The monoisotopic (exact) mass is 418 g/mol. The van der Waals surface area contributed by atoms with Gasteiger partial charge in [0.15, 0.2) is 0 Å². The molecule has 0 aliphatic rings. The Morgan fingerprint density at radius 1 is 0.897 bits per heavy atom. The smallest absolute Gasteiger partial charge is 0.335 e. The molecule has 0 aromatic heterocycles. The maximum atomic E-state index is 13.2. The number of nitrogens with zero attached hydrogens (tertiary/aromatic N) is 2. The molecule has 0 amide bonds. The second-order valence-corrected chi connectivity index (χ2v) is 9.05. The fourth-order valence-corrected chi connectivity index (χ4v) is 4.26. The van der Waals surface area contributed by atoms with Crippen molar-refractivity contribution >= 4 is 19.0 Å². The van der Waals surface area contributed by atoms with Gasteiger partial charge in [-0.2, -0.15) is 10.2 Å². The van der Waals surface area contributed by atoms with Gasteiger partial charge in [0.05, 0.1) is 30.8 Å². The third-order valence-corrected chi connectivity index (χ3v) is 6.19. The number of rotatable bonds is 12. The van der Waals surface area contributed by atoms with E-state index in [-0.39, 0.29) is 11.9 Å². The molecule has 0 spiro atoms. The Labute approximate surface area is 173 Å². The first kappa shape index (κ1) is 23.3. The van der Waals surface area contributed by atoms with E-state index < -0.39 is 7.60 Å². The Morgan fingerprint density at radius 2 is 1.45 bits per heavy atom. The number of phenolic OH excluding ortho intramolecular Hbond substituents is 1. The van der Waals surface area contributed by atoms with Crippen LogP contribution in [0.25, 0.3) is 0 Å². The van der Waals surface area contributed by atoms with Gasteiger partial charge >= 0.3 is 7.60 Å². The summed E-state index contributed by atoms with van der Waals surface area (Å²) in [6, 6.07) is 12.6. The summed E-state index contributed by atoms with van der Waals surface area (Å²) in [5.74, 6) is 0.0395. The Balaban J connectivity index is 2.16. The number of phenols is 1. The summed E-state index contributed by atoms with van der Waals surface area (Å²) in [6.45, 7) is 6.83. The second-order valence-electron chi connectivity index (χ2n) is 6.99. The van der Waals surface area contributed by atoms with Crippen LogP contribution in [0.2, 0.25) is 0 Å². The molecular weight excluding hydrogens is 387 g/mol. The van der Waals surface area contributed by atoms with Crippen LogP contribution in [0.3, 0.4) is 0 Å². The van der Waals surface area contributed by atoms with Crippen molar-refractivity contribution in [3.63, 3.8) is 0 Å². The van der Waals surface area contributed by atoms with E-state index in [1.54, 1.807) is 12.1 Å². The molecule has 0 saturated carbocycles. The van der Waals surface area contributed by atoms with E-state index in [1.807, 2.05) is 45.0 Å². The molecule has 0 fully saturated rings. The van der Waals surface area contributed by atoms with Crippen LogP contribution in [0.1, 0.15) is 50.7 Å². The number of hydrogen-bond donors (Lipinski definition) is 1. The molecular formula is C22H31N2O4P. The lowest BCUT2D eigenvalue weighted by Gasteiger charge is -2.19. The lowest BCUT2D eigenvalue weighted by atomic mass is 10.2. The summed E-state index contributed by atoms with van der Waals surface area (Å²) in [5.41, 5.74) is 2.92. The van der Waals surface area contributed by atoms with Crippen LogP contribution in [-0.2, 0) is 19.8 Å². The second kappa shape index (κ2) is 11.9. The fourth-order valence-electron chi connectivity index (χ4n) is 2.52. The van der Waals surface area contributed by atoms with Gasteiger partial charge in [-0.05, 0) is 50.1 Å². The molecule has 158 valence electrons. The number of aryl methyl sites for hydroxylation is 1. The normalized spacial score (nSPS) is 12.0. The van der Waals surface area contributed by atoms with E-state index in [0.717, 1.165) is 36.9 Å². The highest BCUT2D eigenvalue weighted by Gasteiger charge is 2.26. The van der Waals surface area contributed by atoms with Gasteiger partial charge in [-0.3, -0.25) is 4.57 Å². The molecule has 0 aliphatic carbocycles. The summed E-state index contributed by atoms with van der Waals surface area (Å²) in [5, 5.41) is 18.7. The minimum Gasteiger partial charge on any atom is -0.508 e. The Bertz CT molecular complexity index is 823. The van der Waals surface area contributed by atoms with E-state index in [4.69, 9.17) is 9.05 Å². The van der Waals surface area contributed by atoms with Gasteiger partial charge in [-0.15, -0.1) is 0 Å². The summed E-state index contributed by atoms with van der Waals surface area (Å²) < 4.78 is 24.4. The van der Waals surface area contributed by atoms with Crippen molar-refractivity contribution in [1.82, 2.24) is 0 Å². The topological polar surface area (TPSA) is 80.5 Å². The predicted molar refractivity (Wildman–Crippen MR) is 116 cm³/mol. The number of azo groups is 1. The van der Waals surface area contributed by atoms with Crippen molar-refractivity contribution in [2.75, 3.05) is 13.2 Å². The maximum Gasteiger partial charge on any atom is 0.335 e. The van der Waals surface area contributed by atoms with E-state index in [9.17, 15) is 9.67 Å². The van der Waals surface area contributed by atoms with Crippen LogP contribution in [0.15, 0.2) is 52.7 Å². The van der Waals surface area contributed by atoms with Crippen molar-refractivity contribution in [3.05, 3.63) is 53.6 Å². The molecule has 0 unspecified atom stereocenters. The van der Waals surface area contributed by atoms with Crippen LogP contribution in [0.4, 0.5) is 11.4 Å². The Hall–Kier alpha value is -2.01. The number of hydrogen-bond acceptors (Lipinski definition) is 6. The van der Waals surface area contributed by atoms with Crippen LogP contribution in [-0.4, -0.2) is 18.3 Å². The molecule has 0 bridgehead atoms. The first-order valence-corrected chi connectivity index (χ1v) is 11.9. The van der Waals surface area contributed by atoms with Crippen molar-refractivity contribution < 1.29 is 18.7 Å². The highest BCUT2D eigenvalue weighted by atomic mass is 31.2. The third kappa shape index (κ3) is 8.09. The van der Waals surface area contributed by atoms with Crippen molar-refractivity contribution in [2.45, 2.75) is 52.6 Å². The number of aromatic hydroxyl groups is 1. The van der Waals surface area contributed by atoms with Crippen molar-refractivity contribution in [2.24, 2.45) is 10.2 Å². The summed E-state index contributed by atoms with van der Waals surface area (Å²) in [7, 11) is -3.36. The highest BCUT2D eigenvalue weighted by molar-refractivity contribution is 7.53. The average molecular weight is 418 g/mol. The fraction of sp³-hybridized carbons (Fsp3) is 0.455. The molecule has 0 aliphatic heterocycles. The quantitative estimate of drug-likeness (QED) is 0.221. The Kier molecular flexibility index (Phi) is 9.52. The lowest BCUT2D eigenvalue weighted by molar-refractivity contribution is 0.198. The predicted octanol–water partition coefficient (Wildman–Crippen LogP) is 7.44. The molecule has 29 heavy (non-hydrogen) atoms. The van der Waals surface area contributed by atoms with Gasteiger partial charge in [0.25, 0.3) is 0 Å². The van der Waals surface area contributed by atoms with E-state index in [2.05, 4.69) is 10.2 Å². The molecule has 6 nitrogen and oxygen atoms in total. The van der Waals surface area contributed by atoms with Crippen LogP contribution >= 0.6 is 7.60 Å². The van der Waals surface area contributed by atoms with Crippen molar-refractivity contribution in [3.8, 4) is 5.75 Å². The number of benzene rings is 2. The summed E-state index contributed by atoms with van der Waals surface area (Å²) >= 11 is 0. The Morgan fingerprint density at radius 3 is 2.03 bits per heavy atom. The minimum atomic E-state index is -3.36. The molecule has 0 radical (unpaired) electrons. The van der Waals surface area contributed by atoms with Crippen LogP contribution < -0.4 is 0 Å².